The Morgan fingerprint density at radius 1 is 1.21 bits per heavy atom. The van der Waals surface area contributed by atoms with Crippen molar-refractivity contribution in [3.05, 3.63) is 29.8 Å². The number of rotatable bonds is 4. The molecule has 154 valence electrons. The van der Waals surface area contributed by atoms with Gasteiger partial charge in [0.05, 0.1) is 5.94 Å². The van der Waals surface area contributed by atoms with Crippen LogP contribution in [0.4, 0.5) is 8.78 Å². The van der Waals surface area contributed by atoms with Crippen molar-refractivity contribution < 1.29 is 32.0 Å². The summed E-state index contributed by atoms with van der Waals surface area (Å²) >= 11 is 0. The number of amides is 1. The van der Waals surface area contributed by atoms with E-state index in [1.165, 1.54) is 4.90 Å². The Morgan fingerprint density at radius 2 is 1.93 bits per heavy atom. The number of likely N-dealkylation sites (tertiary alicyclic amines) is 1. The van der Waals surface area contributed by atoms with Gasteiger partial charge in [-0.15, -0.1) is 0 Å². The molecule has 2 fully saturated rings. The molecule has 2 atom stereocenters. The predicted molar refractivity (Wildman–Crippen MR) is 96.5 cm³/mol. The van der Waals surface area contributed by atoms with E-state index in [-0.39, 0.29) is 19.6 Å². The molecule has 28 heavy (non-hydrogen) atoms. The van der Waals surface area contributed by atoms with Gasteiger partial charge in [-0.1, -0.05) is 0 Å². The third-order valence-corrected chi connectivity index (χ3v) is 7.23. The molecule has 1 aromatic carbocycles. The number of benzene rings is 1. The van der Waals surface area contributed by atoms with E-state index in [0.29, 0.717) is 25.5 Å². The van der Waals surface area contributed by atoms with Crippen LogP contribution in [0.2, 0.25) is 0 Å². The largest absolute Gasteiger partial charge is 0.475 e. The summed E-state index contributed by atoms with van der Waals surface area (Å²) in [6.45, 7) is 0.425. The van der Waals surface area contributed by atoms with Crippen molar-refractivity contribution in [2.75, 3.05) is 33.2 Å². The molecule has 1 amide bonds. The average molecular weight is 417 g/mol. The standard InChI is InChI=1S/C16H22BF2N3O5S/c1-20-7-8-21(28(26,27)14-5-4-11(18)9-12(14)19)10-13(20)16(23)22-6-2-3-15(22)17(24)25/h4-5,9,13,15,24-25H,2-3,6-8,10H2,1H3/t13-,15-/m0/s1. The molecule has 2 N–H and O–H groups in total. The van der Waals surface area contributed by atoms with Crippen molar-refractivity contribution in [3.63, 3.8) is 0 Å². The van der Waals surface area contributed by atoms with Crippen LogP contribution in [0.1, 0.15) is 12.8 Å². The molecule has 0 saturated carbocycles. The summed E-state index contributed by atoms with van der Waals surface area (Å²) in [7, 11) is -4.26. The molecule has 8 nitrogen and oxygen atoms in total. The third kappa shape index (κ3) is 3.92. The average Bonchev–Trinajstić information content (AvgIpc) is 3.11. The van der Waals surface area contributed by atoms with Crippen molar-refractivity contribution in [2.45, 2.75) is 29.7 Å². The van der Waals surface area contributed by atoms with Crippen LogP contribution in [0.15, 0.2) is 23.1 Å². The number of hydrogen-bond acceptors (Lipinski definition) is 6. The quantitative estimate of drug-likeness (QED) is 0.627. The molecule has 3 rings (SSSR count). The maximum atomic E-state index is 14.0. The van der Waals surface area contributed by atoms with E-state index in [4.69, 9.17) is 0 Å². The summed E-state index contributed by atoms with van der Waals surface area (Å²) in [5, 5.41) is 19.0. The van der Waals surface area contributed by atoms with Crippen molar-refractivity contribution >= 4 is 23.0 Å². The summed E-state index contributed by atoms with van der Waals surface area (Å²) in [5.41, 5.74) is 0. The van der Waals surface area contributed by atoms with Crippen molar-refractivity contribution in [1.82, 2.24) is 14.1 Å². The first-order chi connectivity index (χ1) is 13.1. The van der Waals surface area contributed by atoms with Gasteiger partial charge >= 0.3 is 7.12 Å². The van der Waals surface area contributed by atoms with Crippen molar-refractivity contribution in [2.24, 2.45) is 0 Å². The Kier molecular flexibility index (Phi) is 6.06. The molecule has 2 saturated heterocycles. The van der Waals surface area contributed by atoms with E-state index in [9.17, 15) is 32.0 Å². The van der Waals surface area contributed by atoms with Gasteiger partial charge in [-0.3, -0.25) is 9.69 Å². The predicted octanol–water partition coefficient (Wildman–Crippen LogP) is -0.727. The zero-order valence-corrected chi connectivity index (χ0v) is 16.1. The second kappa shape index (κ2) is 8.03. The molecule has 12 heteroatoms. The minimum absolute atomic E-state index is 0.0471. The first-order valence-electron chi connectivity index (χ1n) is 8.95. The summed E-state index contributed by atoms with van der Waals surface area (Å²) < 4.78 is 53.8. The van der Waals surface area contributed by atoms with E-state index in [0.717, 1.165) is 16.4 Å². The second-order valence-corrected chi connectivity index (χ2v) is 9.00. The lowest BCUT2D eigenvalue weighted by Gasteiger charge is -2.40. The summed E-state index contributed by atoms with van der Waals surface area (Å²) in [6, 6.07) is 1.40. The Morgan fingerprint density at radius 3 is 2.57 bits per heavy atom. The van der Waals surface area contributed by atoms with Crippen LogP contribution in [0.25, 0.3) is 0 Å². The lowest BCUT2D eigenvalue weighted by molar-refractivity contribution is -0.137. The van der Waals surface area contributed by atoms with Gasteiger partial charge in [0.1, 0.15) is 22.6 Å². The topological polar surface area (TPSA) is 101 Å². The zero-order chi connectivity index (χ0) is 20.6. The lowest BCUT2D eigenvalue weighted by Crippen LogP contribution is -2.61. The first kappa shape index (κ1) is 21.1. The minimum Gasteiger partial charge on any atom is -0.426 e. The fourth-order valence-electron chi connectivity index (χ4n) is 3.72. The first-order valence-corrected chi connectivity index (χ1v) is 10.4. The second-order valence-electron chi connectivity index (χ2n) is 7.09. The molecule has 0 radical (unpaired) electrons. The summed E-state index contributed by atoms with van der Waals surface area (Å²) in [6.07, 6.45) is 1.07. The van der Waals surface area contributed by atoms with Crippen molar-refractivity contribution in [3.8, 4) is 0 Å². The van der Waals surface area contributed by atoms with Gasteiger partial charge in [-0.05, 0) is 32.0 Å². The lowest BCUT2D eigenvalue weighted by atomic mass is 9.77. The highest BCUT2D eigenvalue weighted by Gasteiger charge is 2.43. The molecule has 2 aliphatic heterocycles. The Hall–Kier alpha value is -1.60. The van der Waals surface area contributed by atoms with Crippen molar-refractivity contribution in [1.29, 1.82) is 0 Å². The van der Waals surface area contributed by atoms with Gasteiger partial charge in [0.15, 0.2) is 0 Å². The Bertz CT molecular complexity index is 857. The molecule has 2 aliphatic rings. The van der Waals surface area contributed by atoms with E-state index in [1.807, 2.05) is 0 Å². The summed E-state index contributed by atoms with van der Waals surface area (Å²) in [5.74, 6) is -3.21. The van der Waals surface area contributed by atoms with E-state index in [1.54, 1.807) is 11.9 Å². The van der Waals surface area contributed by atoms with Crippen LogP contribution in [0, 0.1) is 11.6 Å². The monoisotopic (exact) mass is 417 g/mol. The van der Waals surface area contributed by atoms with E-state index in [2.05, 4.69) is 0 Å². The number of sulfonamides is 1. The van der Waals surface area contributed by atoms with Crippen LogP contribution in [0.5, 0.6) is 0 Å². The summed E-state index contributed by atoms with van der Waals surface area (Å²) in [4.78, 5) is 15.4. The maximum Gasteiger partial charge on any atom is 0.475 e. The van der Waals surface area contributed by atoms with Gasteiger partial charge < -0.3 is 14.9 Å². The normalized spacial score (nSPS) is 24.5. The molecule has 0 aromatic heterocycles. The SMILES string of the molecule is CN1CCN(S(=O)(=O)c2ccc(F)cc2F)C[C@H]1C(=O)N1CCC[C@H]1B(O)O. The third-order valence-electron chi connectivity index (χ3n) is 5.33. The van der Waals surface area contributed by atoms with Crippen LogP contribution in [0.3, 0.4) is 0 Å². The van der Waals surface area contributed by atoms with Gasteiger partial charge in [0, 0.05) is 32.2 Å². The molecular weight excluding hydrogens is 395 g/mol. The number of nitrogens with zero attached hydrogens (tertiary/aromatic N) is 3. The molecule has 0 bridgehead atoms. The molecule has 0 unspecified atom stereocenters. The zero-order valence-electron chi connectivity index (χ0n) is 15.3. The van der Waals surface area contributed by atoms with Gasteiger partial charge in [-0.2, -0.15) is 4.31 Å². The highest BCUT2D eigenvalue weighted by molar-refractivity contribution is 7.89. The van der Waals surface area contributed by atoms with Gasteiger partial charge in [0.2, 0.25) is 15.9 Å². The minimum atomic E-state index is -4.26. The number of halogens is 2. The highest BCUT2D eigenvalue weighted by Crippen LogP contribution is 2.25. The number of hydrogen-bond donors (Lipinski definition) is 2. The maximum absolute atomic E-state index is 14.0. The highest BCUT2D eigenvalue weighted by atomic mass is 32.2. The van der Waals surface area contributed by atoms with Crippen LogP contribution >= 0.6 is 0 Å². The molecule has 0 aliphatic carbocycles. The Labute approximate surface area is 162 Å². The van der Waals surface area contributed by atoms with Crippen LogP contribution in [-0.4, -0.2) is 90.8 Å². The number of carbonyl (C=O) groups excluding carboxylic acids is 1. The van der Waals surface area contributed by atoms with Crippen LogP contribution < -0.4 is 0 Å². The smallest absolute Gasteiger partial charge is 0.426 e. The number of carbonyl (C=O) groups is 1. The number of piperazine rings is 1. The van der Waals surface area contributed by atoms with Crippen LogP contribution in [-0.2, 0) is 14.8 Å². The molecule has 0 spiro atoms. The molecule has 1 aromatic rings. The van der Waals surface area contributed by atoms with Gasteiger partial charge in [0.25, 0.3) is 0 Å². The number of likely N-dealkylation sites (N-methyl/N-ethyl adjacent to an activating group) is 1. The van der Waals surface area contributed by atoms with E-state index >= 15 is 0 Å². The molecule has 2 heterocycles. The fraction of sp³-hybridized carbons (Fsp3) is 0.562. The van der Waals surface area contributed by atoms with E-state index < -0.39 is 51.6 Å². The fourth-order valence-corrected chi connectivity index (χ4v) is 5.21. The molecular formula is C16H22BF2N3O5S. The van der Waals surface area contributed by atoms with Gasteiger partial charge in [-0.25, -0.2) is 17.2 Å². The Balaban J connectivity index is 1.83.